The fraction of sp³-hybridized carbons (Fsp3) is 0.533. The van der Waals surface area contributed by atoms with Crippen LogP contribution in [-0.2, 0) is 0 Å². The number of carbonyl (C=O) groups excluding carboxylic acids is 1. The van der Waals surface area contributed by atoms with Crippen molar-refractivity contribution in [3.63, 3.8) is 0 Å². The predicted molar refractivity (Wildman–Crippen MR) is 79.1 cm³/mol. The largest absolute Gasteiger partial charge is 0.492 e. The minimum atomic E-state index is -0.196. The minimum Gasteiger partial charge on any atom is -0.492 e. The Morgan fingerprint density at radius 1 is 1.35 bits per heavy atom. The zero-order chi connectivity index (χ0) is 15.0. The van der Waals surface area contributed by atoms with Gasteiger partial charge in [0.1, 0.15) is 12.4 Å². The molecule has 0 bridgehead atoms. The van der Waals surface area contributed by atoms with Crippen LogP contribution >= 0.6 is 0 Å². The maximum Gasteiger partial charge on any atom is 0.251 e. The molecule has 1 unspecified atom stereocenters. The van der Waals surface area contributed by atoms with E-state index in [-0.39, 0.29) is 18.6 Å². The Morgan fingerprint density at radius 2 is 2.00 bits per heavy atom. The van der Waals surface area contributed by atoms with Crippen LogP contribution in [0, 0.1) is 0 Å². The van der Waals surface area contributed by atoms with E-state index in [0.717, 1.165) is 12.3 Å². The van der Waals surface area contributed by atoms with E-state index < -0.39 is 0 Å². The quantitative estimate of drug-likeness (QED) is 0.749. The molecule has 1 rings (SSSR count). The molecule has 1 amide bonds. The van der Waals surface area contributed by atoms with E-state index in [1.807, 2.05) is 25.9 Å². The molecule has 0 spiro atoms. The van der Waals surface area contributed by atoms with Crippen LogP contribution in [0.2, 0.25) is 0 Å². The van der Waals surface area contributed by atoms with Gasteiger partial charge in [0, 0.05) is 12.1 Å². The second kappa shape index (κ2) is 8.55. The number of aliphatic hydroxyl groups is 1. The van der Waals surface area contributed by atoms with Gasteiger partial charge < -0.3 is 20.1 Å². The zero-order valence-corrected chi connectivity index (χ0v) is 12.4. The highest BCUT2D eigenvalue weighted by atomic mass is 16.5. The van der Waals surface area contributed by atoms with E-state index >= 15 is 0 Å². The average Bonchev–Trinajstić information content (AvgIpc) is 2.44. The van der Waals surface area contributed by atoms with Gasteiger partial charge in [0.25, 0.3) is 5.91 Å². The number of hydrogen-bond donors (Lipinski definition) is 2. The van der Waals surface area contributed by atoms with Crippen molar-refractivity contribution in [3.05, 3.63) is 29.8 Å². The Bertz CT molecular complexity index is 400. The molecule has 0 saturated heterocycles. The van der Waals surface area contributed by atoms with Crippen LogP contribution in [0.5, 0.6) is 5.75 Å². The van der Waals surface area contributed by atoms with E-state index in [1.54, 1.807) is 24.3 Å². The van der Waals surface area contributed by atoms with E-state index in [4.69, 9.17) is 9.84 Å². The Balaban J connectivity index is 2.51. The molecule has 112 valence electrons. The van der Waals surface area contributed by atoms with Crippen LogP contribution in [0.25, 0.3) is 0 Å². The van der Waals surface area contributed by atoms with Crippen molar-refractivity contribution in [1.29, 1.82) is 0 Å². The van der Waals surface area contributed by atoms with E-state index in [9.17, 15) is 4.79 Å². The first kappa shape index (κ1) is 16.5. The van der Waals surface area contributed by atoms with Crippen molar-refractivity contribution in [3.8, 4) is 5.75 Å². The Morgan fingerprint density at radius 3 is 2.50 bits per heavy atom. The van der Waals surface area contributed by atoms with Crippen LogP contribution in [0.4, 0.5) is 0 Å². The molecule has 5 heteroatoms. The summed E-state index contributed by atoms with van der Waals surface area (Å²) < 4.78 is 5.56. The highest BCUT2D eigenvalue weighted by molar-refractivity contribution is 5.94. The van der Waals surface area contributed by atoms with Gasteiger partial charge in [-0.25, -0.2) is 0 Å². The number of nitrogens with one attached hydrogen (secondary N) is 1. The molecule has 2 N–H and O–H groups in total. The van der Waals surface area contributed by atoms with Gasteiger partial charge in [-0.2, -0.15) is 0 Å². The molecule has 0 aromatic heterocycles. The monoisotopic (exact) mass is 280 g/mol. The number of likely N-dealkylation sites (N-methyl/N-ethyl adjacent to an activating group) is 1. The number of nitrogens with zero attached hydrogens (tertiary/aromatic N) is 1. The van der Waals surface area contributed by atoms with Crippen LogP contribution in [-0.4, -0.2) is 55.8 Å². The summed E-state index contributed by atoms with van der Waals surface area (Å²) >= 11 is 0. The Labute approximate surface area is 120 Å². The van der Waals surface area contributed by atoms with Gasteiger partial charge in [-0.3, -0.25) is 4.79 Å². The molecular weight excluding hydrogens is 256 g/mol. The molecular formula is C15H24N2O3. The Hall–Kier alpha value is -1.59. The third kappa shape index (κ3) is 5.59. The number of aliphatic hydroxyl groups excluding tert-OH is 1. The first-order valence-electron chi connectivity index (χ1n) is 6.86. The summed E-state index contributed by atoms with van der Waals surface area (Å²) in [5, 5.41) is 11.8. The highest BCUT2D eigenvalue weighted by Crippen LogP contribution is 2.12. The van der Waals surface area contributed by atoms with Gasteiger partial charge in [-0.05, 0) is 44.8 Å². The molecule has 0 aliphatic carbocycles. The first-order valence-corrected chi connectivity index (χ1v) is 6.86. The minimum absolute atomic E-state index is 0.0476. The lowest BCUT2D eigenvalue weighted by atomic mass is 10.1. The maximum atomic E-state index is 11.9. The number of carbonyl (C=O) groups is 1. The lowest BCUT2D eigenvalue weighted by molar-refractivity contribution is 0.0915. The van der Waals surface area contributed by atoms with Crippen molar-refractivity contribution >= 4 is 5.91 Å². The van der Waals surface area contributed by atoms with Crippen LogP contribution < -0.4 is 10.1 Å². The van der Waals surface area contributed by atoms with Crippen molar-refractivity contribution < 1.29 is 14.6 Å². The summed E-state index contributed by atoms with van der Waals surface area (Å²) in [6.45, 7) is 3.33. The molecule has 1 aromatic rings. The number of ether oxygens (including phenoxy) is 1. The summed E-state index contributed by atoms with van der Waals surface area (Å²) in [5.41, 5.74) is 0.567. The summed E-state index contributed by atoms with van der Waals surface area (Å²) in [5.74, 6) is 0.573. The molecule has 0 aliphatic rings. The number of benzene rings is 1. The van der Waals surface area contributed by atoms with Gasteiger partial charge in [0.2, 0.25) is 0 Å². The van der Waals surface area contributed by atoms with Gasteiger partial charge in [-0.1, -0.05) is 6.92 Å². The molecule has 5 nitrogen and oxygen atoms in total. The summed E-state index contributed by atoms with van der Waals surface area (Å²) in [6, 6.07) is 6.82. The fourth-order valence-electron chi connectivity index (χ4n) is 1.59. The first-order chi connectivity index (χ1) is 9.56. The molecule has 1 atom stereocenters. The summed E-state index contributed by atoms with van der Waals surface area (Å²) in [4.78, 5) is 14.0. The topological polar surface area (TPSA) is 61.8 Å². The van der Waals surface area contributed by atoms with Gasteiger partial charge in [0.05, 0.1) is 12.6 Å². The van der Waals surface area contributed by atoms with Crippen molar-refractivity contribution in [2.24, 2.45) is 0 Å². The fourth-order valence-corrected chi connectivity index (χ4v) is 1.59. The zero-order valence-electron chi connectivity index (χ0n) is 12.4. The van der Waals surface area contributed by atoms with Crippen LogP contribution in [0.15, 0.2) is 24.3 Å². The third-order valence-electron chi connectivity index (χ3n) is 2.97. The van der Waals surface area contributed by atoms with Crippen molar-refractivity contribution in [2.75, 3.05) is 33.9 Å². The molecule has 0 saturated carbocycles. The van der Waals surface area contributed by atoms with Gasteiger partial charge >= 0.3 is 0 Å². The van der Waals surface area contributed by atoms with Crippen molar-refractivity contribution in [1.82, 2.24) is 10.2 Å². The molecule has 0 fully saturated rings. The van der Waals surface area contributed by atoms with Crippen LogP contribution in [0.1, 0.15) is 23.7 Å². The molecule has 1 aromatic carbocycles. The third-order valence-corrected chi connectivity index (χ3v) is 2.97. The normalized spacial score (nSPS) is 12.2. The molecule has 0 radical (unpaired) electrons. The van der Waals surface area contributed by atoms with E-state index in [2.05, 4.69) is 5.32 Å². The van der Waals surface area contributed by atoms with Gasteiger partial charge in [-0.15, -0.1) is 0 Å². The molecule has 20 heavy (non-hydrogen) atoms. The second-order valence-corrected chi connectivity index (χ2v) is 4.94. The number of hydrogen-bond acceptors (Lipinski definition) is 4. The van der Waals surface area contributed by atoms with E-state index in [0.29, 0.717) is 18.6 Å². The standard InChI is InChI=1S/C15H24N2O3/c1-4-13(11-18)16-15(19)12-5-7-14(8-6-12)20-10-9-17(2)3/h5-8,13,18H,4,9-11H2,1-3H3,(H,16,19). The highest BCUT2D eigenvalue weighted by Gasteiger charge is 2.11. The lowest BCUT2D eigenvalue weighted by Gasteiger charge is -2.14. The predicted octanol–water partition coefficient (Wildman–Crippen LogP) is 1.13. The van der Waals surface area contributed by atoms with Crippen LogP contribution in [0.3, 0.4) is 0 Å². The maximum absolute atomic E-state index is 11.9. The number of rotatable bonds is 8. The summed E-state index contributed by atoms with van der Waals surface area (Å²) in [6.07, 6.45) is 0.702. The summed E-state index contributed by atoms with van der Waals surface area (Å²) in [7, 11) is 3.98. The Kier molecular flexibility index (Phi) is 7.04. The van der Waals surface area contributed by atoms with Crippen molar-refractivity contribution in [2.45, 2.75) is 19.4 Å². The van der Waals surface area contributed by atoms with Gasteiger partial charge in [0.15, 0.2) is 0 Å². The second-order valence-electron chi connectivity index (χ2n) is 4.94. The molecule has 0 aliphatic heterocycles. The number of amides is 1. The smallest absolute Gasteiger partial charge is 0.251 e. The average molecular weight is 280 g/mol. The lowest BCUT2D eigenvalue weighted by Crippen LogP contribution is -2.36. The van der Waals surface area contributed by atoms with E-state index in [1.165, 1.54) is 0 Å². The SMILES string of the molecule is CCC(CO)NC(=O)c1ccc(OCCN(C)C)cc1. The molecule has 0 heterocycles.